The van der Waals surface area contributed by atoms with Crippen molar-refractivity contribution in [1.29, 1.82) is 0 Å². The molecule has 1 N–H and O–H groups in total. The summed E-state index contributed by atoms with van der Waals surface area (Å²) in [6.45, 7) is 0. The zero-order valence-electron chi connectivity index (χ0n) is 9.11. The van der Waals surface area contributed by atoms with E-state index in [1.165, 1.54) is 22.7 Å². The summed E-state index contributed by atoms with van der Waals surface area (Å²) in [5, 5.41) is 21.6. The predicted molar refractivity (Wildman–Crippen MR) is 63.5 cm³/mol. The molecule has 0 saturated carbocycles. The van der Waals surface area contributed by atoms with Crippen LogP contribution in [0.15, 0.2) is 33.1 Å². The second-order valence-corrected chi connectivity index (χ2v) is 4.56. The van der Waals surface area contributed by atoms with E-state index in [1.54, 1.807) is 12.1 Å². The Kier molecular flexibility index (Phi) is 2.63. The molecule has 0 bridgehead atoms. The normalized spacial score (nSPS) is 14.1. The average Bonchev–Trinajstić information content (AvgIpc) is 2.94. The molecule has 0 radical (unpaired) electrons. The first-order valence-electron chi connectivity index (χ1n) is 5.14. The molecule has 0 aromatic carbocycles. The lowest BCUT2D eigenvalue weighted by Gasteiger charge is -2.11. The van der Waals surface area contributed by atoms with E-state index in [-0.39, 0.29) is 6.42 Å². The van der Waals surface area contributed by atoms with Crippen molar-refractivity contribution in [1.82, 2.24) is 14.9 Å². The largest absolute Gasteiger partial charge is 0.481 e. The highest BCUT2D eigenvalue weighted by Crippen LogP contribution is 2.27. The highest BCUT2D eigenvalue weighted by Gasteiger charge is 2.21. The Balaban J connectivity index is 2.01. The molecule has 0 amide bonds. The minimum atomic E-state index is -0.898. The highest BCUT2D eigenvalue weighted by molar-refractivity contribution is 7.99. The van der Waals surface area contributed by atoms with Gasteiger partial charge in [-0.2, -0.15) is 9.78 Å². The maximum Gasteiger partial charge on any atom is 0.309 e. The fraction of sp³-hybridized carbons (Fsp3) is 0.200. The molecule has 0 spiro atoms. The molecule has 1 aliphatic heterocycles. The van der Waals surface area contributed by atoms with Gasteiger partial charge in [-0.3, -0.25) is 4.79 Å². The van der Waals surface area contributed by atoms with Gasteiger partial charge in [0.2, 0.25) is 11.0 Å². The molecule has 3 rings (SSSR count). The third-order valence-corrected chi connectivity index (χ3v) is 3.31. The minimum Gasteiger partial charge on any atom is -0.481 e. The number of carbonyl (C=O) groups is 1. The van der Waals surface area contributed by atoms with Gasteiger partial charge >= 0.3 is 5.97 Å². The van der Waals surface area contributed by atoms with Crippen molar-refractivity contribution in [3.8, 4) is 11.6 Å². The molecule has 2 aromatic heterocycles. The summed E-state index contributed by atoms with van der Waals surface area (Å²) in [4.78, 5) is 10.7. The van der Waals surface area contributed by atoms with Crippen molar-refractivity contribution in [2.45, 2.75) is 11.6 Å². The summed E-state index contributed by atoms with van der Waals surface area (Å²) in [6.07, 6.45) is 1.46. The molecular weight excluding hydrogens is 256 g/mol. The number of furan rings is 1. The Hall–Kier alpha value is -2.09. The van der Waals surface area contributed by atoms with Crippen molar-refractivity contribution in [2.24, 2.45) is 5.10 Å². The molecule has 0 saturated heterocycles. The first-order chi connectivity index (χ1) is 8.74. The van der Waals surface area contributed by atoms with Crippen LogP contribution in [-0.4, -0.2) is 37.4 Å². The van der Waals surface area contributed by atoms with Crippen molar-refractivity contribution in [2.75, 3.05) is 5.75 Å². The lowest BCUT2D eigenvalue weighted by Crippen LogP contribution is -2.16. The van der Waals surface area contributed by atoms with Gasteiger partial charge in [-0.05, 0) is 12.1 Å². The van der Waals surface area contributed by atoms with Crippen LogP contribution in [0.4, 0.5) is 0 Å². The van der Waals surface area contributed by atoms with E-state index >= 15 is 0 Å². The molecule has 7 nitrogen and oxygen atoms in total. The van der Waals surface area contributed by atoms with Gasteiger partial charge in [0, 0.05) is 5.75 Å². The zero-order valence-corrected chi connectivity index (χ0v) is 9.92. The van der Waals surface area contributed by atoms with E-state index in [1.807, 2.05) is 0 Å². The summed E-state index contributed by atoms with van der Waals surface area (Å²) in [5.74, 6) is 0.646. The van der Waals surface area contributed by atoms with Crippen LogP contribution in [0.5, 0.6) is 0 Å². The monoisotopic (exact) mass is 264 g/mol. The number of rotatable bonds is 3. The van der Waals surface area contributed by atoms with E-state index in [4.69, 9.17) is 9.52 Å². The van der Waals surface area contributed by atoms with Gasteiger partial charge in [0.1, 0.15) is 0 Å². The topological polar surface area (TPSA) is 93.5 Å². The second kappa shape index (κ2) is 4.30. The minimum absolute atomic E-state index is 0.0811. The number of carboxylic acids is 1. The van der Waals surface area contributed by atoms with Gasteiger partial charge in [0.25, 0.3) is 0 Å². The van der Waals surface area contributed by atoms with Gasteiger partial charge < -0.3 is 9.52 Å². The highest BCUT2D eigenvalue weighted by atomic mass is 32.2. The van der Waals surface area contributed by atoms with Crippen molar-refractivity contribution in [3.05, 3.63) is 18.4 Å². The predicted octanol–water partition coefficient (Wildman–Crippen LogP) is 1.32. The molecular formula is C10H8N4O3S. The molecule has 0 aliphatic carbocycles. The lowest BCUT2D eigenvalue weighted by molar-refractivity contribution is -0.135. The number of carboxylic acid groups (broad SMARTS) is 1. The molecule has 0 fully saturated rings. The smallest absolute Gasteiger partial charge is 0.309 e. The Bertz CT molecular complexity index is 617. The van der Waals surface area contributed by atoms with Crippen LogP contribution in [0.25, 0.3) is 11.6 Å². The van der Waals surface area contributed by atoms with Crippen LogP contribution in [0.3, 0.4) is 0 Å². The van der Waals surface area contributed by atoms with Crippen molar-refractivity contribution in [3.63, 3.8) is 0 Å². The average molecular weight is 264 g/mol. The third-order valence-electron chi connectivity index (χ3n) is 2.32. The molecule has 18 heavy (non-hydrogen) atoms. The number of hydrogen-bond donors (Lipinski definition) is 1. The summed E-state index contributed by atoms with van der Waals surface area (Å²) in [5.41, 5.74) is 0.576. The van der Waals surface area contributed by atoms with Crippen LogP contribution in [0, 0.1) is 0 Å². The van der Waals surface area contributed by atoms with Gasteiger partial charge in [0.15, 0.2) is 5.76 Å². The van der Waals surface area contributed by atoms with E-state index in [0.29, 0.717) is 28.2 Å². The Labute approximate surface area is 106 Å². The van der Waals surface area contributed by atoms with E-state index in [0.717, 1.165) is 0 Å². The molecule has 92 valence electrons. The Morgan fingerprint density at radius 3 is 3.17 bits per heavy atom. The number of aromatic nitrogens is 3. The summed E-state index contributed by atoms with van der Waals surface area (Å²) in [6, 6.07) is 3.50. The van der Waals surface area contributed by atoms with Crippen LogP contribution in [-0.2, 0) is 4.79 Å². The van der Waals surface area contributed by atoms with E-state index in [9.17, 15) is 4.79 Å². The van der Waals surface area contributed by atoms with Crippen LogP contribution < -0.4 is 0 Å². The fourth-order valence-electron chi connectivity index (χ4n) is 1.58. The first-order valence-corrected chi connectivity index (χ1v) is 6.13. The van der Waals surface area contributed by atoms with Crippen LogP contribution >= 0.6 is 11.8 Å². The number of fused-ring (bicyclic) bond motifs is 1. The SMILES string of the molecule is O=C(O)CC1=Nn2c(nnc2-c2ccco2)SC1. The summed E-state index contributed by atoms with van der Waals surface area (Å²) in [7, 11) is 0. The maximum atomic E-state index is 10.7. The molecule has 0 unspecified atom stereocenters. The Morgan fingerprint density at radius 1 is 1.56 bits per heavy atom. The molecule has 0 atom stereocenters. The fourth-order valence-corrected chi connectivity index (χ4v) is 2.39. The number of thioether (sulfide) groups is 1. The van der Waals surface area contributed by atoms with Crippen molar-refractivity contribution >= 4 is 23.4 Å². The zero-order chi connectivity index (χ0) is 12.5. The lowest BCUT2D eigenvalue weighted by atomic mass is 10.3. The first kappa shape index (κ1) is 11.0. The van der Waals surface area contributed by atoms with Gasteiger partial charge in [-0.1, -0.05) is 11.8 Å². The van der Waals surface area contributed by atoms with Gasteiger partial charge in [-0.15, -0.1) is 10.2 Å². The standard InChI is InChI=1S/C10H8N4O3S/c15-8(16)4-6-5-18-10-12-11-9(14(10)13-6)7-2-1-3-17-7/h1-3H,4-5H2,(H,15,16). The molecule has 3 heterocycles. The van der Waals surface area contributed by atoms with Gasteiger partial charge in [0.05, 0.1) is 18.4 Å². The van der Waals surface area contributed by atoms with Crippen LogP contribution in [0.2, 0.25) is 0 Å². The van der Waals surface area contributed by atoms with E-state index < -0.39 is 5.97 Å². The molecule has 1 aliphatic rings. The maximum absolute atomic E-state index is 10.7. The Morgan fingerprint density at radius 2 is 2.44 bits per heavy atom. The van der Waals surface area contributed by atoms with Crippen LogP contribution in [0.1, 0.15) is 6.42 Å². The van der Waals surface area contributed by atoms with Gasteiger partial charge in [-0.25, -0.2) is 0 Å². The summed E-state index contributed by atoms with van der Waals surface area (Å²) >= 11 is 1.41. The number of aliphatic carboxylic acids is 1. The molecule has 8 heteroatoms. The summed E-state index contributed by atoms with van der Waals surface area (Å²) < 4.78 is 6.76. The van der Waals surface area contributed by atoms with Crippen molar-refractivity contribution < 1.29 is 14.3 Å². The van der Waals surface area contributed by atoms with E-state index in [2.05, 4.69) is 15.3 Å². The number of nitrogens with zero attached hydrogens (tertiary/aromatic N) is 4. The third kappa shape index (κ3) is 1.90. The molecule has 2 aromatic rings. The second-order valence-electron chi connectivity index (χ2n) is 3.62. The number of hydrogen-bond acceptors (Lipinski definition) is 6. The quantitative estimate of drug-likeness (QED) is 0.898.